The fourth-order valence-corrected chi connectivity index (χ4v) is 2.44. The summed E-state index contributed by atoms with van der Waals surface area (Å²) in [4.78, 5) is 7.33. The molecule has 0 bridgehead atoms. The highest BCUT2D eigenvalue weighted by Crippen LogP contribution is 2.27. The Hall–Kier alpha value is -2.82. The molecule has 0 radical (unpaired) electrons. The number of nitriles is 1. The molecule has 3 aromatic rings. The van der Waals surface area contributed by atoms with E-state index in [1.165, 1.54) is 6.07 Å². The summed E-state index contributed by atoms with van der Waals surface area (Å²) in [6.45, 7) is 1.56. The van der Waals surface area contributed by atoms with E-state index in [1.807, 2.05) is 0 Å². The van der Waals surface area contributed by atoms with Crippen molar-refractivity contribution in [1.82, 2.24) is 9.97 Å². The summed E-state index contributed by atoms with van der Waals surface area (Å²) in [7, 11) is 0. The molecular weight excluding hydrogens is 314 g/mol. The molecule has 0 fully saturated rings. The summed E-state index contributed by atoms with van der Waals surface area (Å²) in [6.07, 6.45) is -0.772. The molecule has 0 aliphatic heterocycles. The van der Waals surface area contributed by atoms with Crippen LogP contribution in [-0.4, -0.2) is 21.2 Å². The number of imidazole rings is 1. The van der Waals surface area contributed by atoms with Crippen molar-refractivity contribution in [2.75, 3.05) is 0 Å². The molecule has 122 valence electrons. The van der Waals surface area contributed by atoms with Crippen molar-refractivity contribution >= 4 is 11.0 Å². The fourth-order valence-electron chi connectivity index (χ4n) is 2.44. The molecule has 0 saturated heterocycles. The van der Waals surface area contributed by atoms with Crippen LogP contribution in [0.1, 0.15) is 24.4 Å². The number of halogens is 2. The maximum absolute atomic E-state index is 13.8. The number of aromatic amines is 1. The molecule has 5 nitrogen and oxygen atoms in total. The lowest BCUT2D eigenvalue weighted by Crippen LogP contribution is -2.24. The molecule has 0 aliphatic carbocycles. The number of aliphatic hydroxyl groups excluding tert-OH is 1. The minimum Gasteiger partial charge on any atom is -0.391 e. The maximum Gasteiger partial charge on any atom is 0.144 e. The first kappa shape index (κ1) is 16.1. The standard InChI is InChI=1S/C17H14F2N4O/c1-8(24)16(21)17-22-14-3-2-9(6-15(14)23-17)10-4-12(18)11(7-20)13(19)5-10/h2-6,8,16,24H,21H2,1H3,(H,22,23)/t8-,16+/m1/s1. The Morgan fingerprint density at radius 1 is 1.21 bits per heavy atom. The molecule has 4 N–H and O–H groups in total. The Kier molecular flexibility index (Phi) is 4.01. The second-order valence-corrected chi connectivity index (χ2v) is 5.55. The monoisotopic (exact) mass is 328 g/mol. The van der Waals surface area contributed by atoms with Gasteiger partial charge in [0.25, 0.3) is 0 Å². The third-order valence-corrected chi connectivity index (χ3v) is 3.82. The third-order valence-electron chi connectivity index (χ3n) is 3.82. The van der Waals surface area contributed by atoms with Gasteiger partial charge in [-0.3, -0.25) is 0 Å². The van der Waals surface area contributed by atoms with Crippen LogP contribution in [0.5, 0.6) is 0 Å². The molecule has 2 atom stereocenters. The Morgan fingerprint density at radius 2 is 1.88 bits per heavy atom. The van der Waals surface area contributed by atoms with Crippen LogP contribution >= 0.6 is 0 Å². The number of nitrogens with one attached hydrogen (secondary N) is 1. The molecule has 3 rings (SSSR count). The van der Waals surface area contributed by atoms with Crippen LogP contribution in [0.2, 0.25) is 0 Å². The van der Waals surface area contributed by atoms with Crippen molar-refractivity contribution in [3.05, 3.63) is 53.4 Å². The Morgan fingerprint density at radius 3 is 2.46 bits per heavy atom. The molecule has 24 heavy (non-hydrogen) atoms. The van der Waals surface area contributed by atoms with Crippen molar-refractivity contribution in [3.8, 4) is 17.2 Å². The summed E-state index contributed by atoms with van der Waals surface area (Å²) in [5.74, 6) is -1.40. The van der Waals surface area contributed by atoms with Crippen LogP contribution < -0.4 is 5.73 Å². The third kappa shape index (κ3) is 2.73. The smallest absolute Gasteiger partial charge is 0.144 e. The predicted octanol–water partition coefficient (Wildman–Crippen LogP) is 2.76. The second kappa shape index (κ2) is 6.00. The maximum atomic E-state index is 13.8. The minimum absolute atomic E-state index is 0.301. The summed E-state index contributed by atoms with van der Waals surface area (Å²) < 4.78 is 27.6. The van der Waals surface area contributed by atoms with Crippen LogP contribution in [0, 0.1) is 23.0 Å². The van der Waals surface area contributed by atoms with Crippen molar-refractivity contribution in [2.24, 2.45) is 5.73 Å². The SMILES string of the molecule is C[C@@H](O)[C@H](N)c1nc2cc(-c3cc(F)c(C#N)c(F)c3)ccc2[nH]1. The highest BCUT2D eigenvalue weighted by atomic mass is 19.1. The number of nitrogens with two attached hydrogens (primary N) is 1. The lowest BCUT2D eigenvalue weighted by molar-refractivity contribution is 0.161. The van der Waals surface area contributed by atoms with Gasteiger partial charge in [-0.05, 0) is 42.3 Å². The van der Waals surface area contributed by atoms with Gasteiger partial charge >= 0.3 is 0 Å². The Balaban J connectivity index is 2.07. The Labute approximate surface area is 136 Å². The fraction of sp³-hybridized carbons (Fsp3) is 0.176. The van der Waals surface area contributed by atoms with Crippen LogP contribution in [-0.2, 0) is 0 Å². The summed E-state index contributed by atoms with van der Waals surface area (Å²) in [5, 5.41) is 18.3. The quantitative estimate of drug-likeness (QED) is 0.688. The first-order chi connectivity index (χ1) is 11.4. The zero-order chi connectivity index (χ0) is 17.4. The van der Waals surface area contributed by atoms with Crippen molar-refractivity contribution in [3.63, 3.8) is 0 Å². The van der Waals surface area contributed by atoms with Gasteiger partial charge in [-0.25, -0.2) is 13.8 Å². The Bertz CT molecular complexity index is 936. The molecule has 0 unspecified atom stereocenters. The van der Waals surface area contributed by atoms with E-state index in [4.69, 9.17) is 11.0 Å². The zero-order valence-corrected chi connectivity index (χ0v) is 12.7. The molecule has 0 aliphatic rings. The number of hydrogen-bond acceptors (Lipinski definition) is 4. The first-order valence-corrected chi connectivity index (χ1v) is 7.23. The van der Waals surface area contributed by atoms with Crippen LogP contribution in [0.4, 0.5) is 8.78 Å². The zero-order valence-electron chi connectivity index (χ0n) is 12.7. The van der Waals surface area contributed by atoms with E-state index in [2.05, 4.69) is 9.97 Å². The number of benzene rings is 2. The van der Waals surface area contributed by atoms with Gasteiger partial charge in [0.1, 0.15) is 29.1 Å². The molecule has 0 amide bonds. The van der Waals surface area contributed by atoms with Gasteiger partial charge in [0.15, 0.2) is 0 Å². The van der Waals surface area contributed by atoms with Crippen molar-refractivity contribution < 1.29 is 13.9 Å². The van der Waals surface area contributed by atoms with Gasteiger partial charge in [0.05, 0.1) is 23.2 Å². The topological polar surface area (TPSA) is 98.7 Å². The normalized spacial score (nSPS) is 13.7. The molecule has 1 aromatic heterocycles. The van der Waals surface area contributed by atoms with E-state index in [0.29, 0.717) is 28.0 Å². The first-order valence-electron chi connectivity index (χ1n) is 7.23. The van der Waals surface area contributed by atoms with E-state index in [0.717, 1.165) is 12.1 Å². The highest BCUT2D eigenvalue weighted by Gasteiger charge is 2.17. The van der Waals surface area contributed by atoms with Gasteiger partial charge in [0, 0.05) is 0 Å². The van der Waals surface area contributed by atoms with Gasteiger partial charge in [-0.1, -0.05) is 6.07 Å². The number of aliphatic hydroxyl groups is 1. The lowest BCUT2D eigenvalue weighted by atomic mass is 10.0. The largest absolute Gasteiger partial charge is 0.391 e. The van der Waals surface area contributed by atoms with Crippen LogP contribution in [0.25, 0.3) is 22.2 Å². The number of hydrogen-bond donors (Lipinski definition) is 3. The number of rotatable bonds is 3. The van der Waals surface area contributed by atoms with E-state index < -0.39 is 29.3 Å². The summed E-state index contributed by atoms with van der Waals surface area (Å²) in [6, 6.07) is 8.10. The van der Waals surface area contributed by atoms with Crippen molar-refractivity contribution in [1.29, 1.82) is 5.26 Å². The summed E-state index contributed by atoms with van der Waals surface area (Å²) >= 11 is 0. The van der Waals surface area contributed by atoms with E-state index in [-0.39, 0.29) is 0 Å². The number of nitrogens with zero attached hydrogens (tertiary/aromatic N) is 2. The average molecular weight is 328 g/mol. The highest BCUT2D eigenvalue weighted by molar-refractivity contribution is 5.82. The molecule has 0 saturated carbocycles. The number of aromatic nitrogens is 2. The lowest BCUT2D eigenvalue weighted by Gasteiger charge is -2.10. The van der Waals surface area contributed by atoms with Crippen LogP contribution in [0.3, 0.4) is 0 Å². The molecule has 2 aromatic carbocycles. The number of H-pyrrole nitrogens is 1. The molecule has 1 heterocycles. The average Bonchev–Trinajstić information content (AvgIpc) is 2.96. The van der Waals surface area contributed by atoms with Crippen molar-refractivity contribution in [2.45, 2.75) is 19.1 Å². The molecular formula is C17H14F2N4O. The number of fused-ring (bicyclic) bond motifs is 1. The minimum atomic E-state index is -0.911. The van der Waals surface area contributed by atoms with E-state index in [1.54, 1.807) is 25.1 Å². The van der Waals surface area contributed by atoms with Gasteiger partial charge < -0.3 is 15.8 Å². The van der Waals surface area contributed by atoms with Crippen LogP contribution in [0.15, 0.2) is 30.3 Å². The molecule has 0 spiro atoms. The van der Waals surface area contributed by atoms with Gasteiger partial charge in [-0.15, -0.1) is 0 Å². The van der Waals surface area contributed by atoms with E-state index in [9.17, 15) is 13.9 Å². The molecule has 7 heteroatoms. The van der Waals surface area contributed by atoms with Gasteiger partial charge in [0.2, 0.25) is 0 Å². The predicted molar refractivity (Wildman–Crippen MR) is 84.8 cm³/mol. The second-order valence-electron chi connectivity index (χ2n) is 5.55. The summed E-state index contributed by atoms with van der Waals surface area (Å²) in [5.41, 5.74) is 7.35. The van der Waals surface area contributed by atoms with Gasteiger partial charge in [-0.2, -0.15) is 5.26 Å². The van der Waals surface area contributed by atoms with E-state index >= 15 is 0 Å².